The van der Waals surface area contributed by atoms with Crippen molar-refractivity contribution < 1.29 is 0 Å². The molecule has 0 heterocycles. The largest absolute Gasteiger partial charge is 0.0990 e. The fourth-order valence-electron chi connectivity index (χ4n) is 1.63. The van der Waals surface area contributed by atoms with E-state index in [9.17, 15) is 0 Å². The molecule has 0 amide bonds. The van der Waals surface area contributed by atoms with Gasteiger partial charge in [-0.3, -0.25) is 0 Å². The highest BCUT2D eigenvalue weighted by Gasteiger charge is 2.01. The third-order valence-corrected chi connectivity index (χ3v) is 2.53. The normalized spacial score (nSPS) is 12.4. The molecule has 0 N–H and O–H groups in total. The summed E-state index contributed by atoms with van der Waals surface area (Å²) in [5.74, 6) is 0.565. The molecule has 0 atom stereocenters. The standard InChI is InChI=1S/C16H20/c1-5-8-14(9-6-2)16-11-7-10-15(12-16)13(3)4/h5-13H,1H2,2-4H3/b9-6-,14-8+. The van der Waals surface area contributed by atoms with E-state index in [1.807, 2.05) is 19.1 Å². The lowest BCUT2D eigenvalue weighted by atomic mass is 9.97. The minimum Gasteiger partial charge on any atom is -0.0990 e. The molecule has 0 unspecified atom stereocenters. The average Bonchev–Trinajstić information content (AvgIpc) is 2.29. The molecule has 1 aromatic rings. The third kappa shape index (κ3) is 3.23. The first-order chi connectivity index (χ1) is 7.69. The van der Waals surface area contributed by atoms with E-state index >= 15 is 0 Å². The van der Waals surface area contributed by atoms with Gasteiger partial charge in [0.25, 0.3) is 0 Å². The molecule has 0 aliphatic heterocycles. The van der Waals surface area contributed by atoms with Crippen molar-refractivity contribution in [3.63, 3.8) is 0 Å². The van der Waals surface area contributed by atoms with Crippen molar-refractivity contribution >= 4 is 5.57 Å². The zero-order valence-corrected chi connectivity index (χ0v) is 10.4. The Kier molecular flexibility index (Phi) is 4.78. The summed E-state index contributed by atoms with van der Waals surface area (Å²) < 4.78 is 0. The molecule has 0 aliphatic carbocycles. The summed E-state index contributed by atoms with van der Waals surface area (Å²) in [6.45, 7) is 10.2. The lowest BCUT2D eigenvalue weighted by Crippen LogP contribution is -1.89. The fraction of sp³-hybridized carbons (Fsp3) is 0.250. The Labute approximate surface area is 99.0 Å². The van der Waals surface area contributed by atoms with E-state index in [1.165, 1.54) is 16.7 Å². The van der Waals surface area contributed by atoms with Gasteiger partial charge in [-0.25, -0.2) is 0 Å². The van der Waals surface area contributed by atoms with E-state index in [-0.39, 0.29) is 0 Å². The van der Waals surface area contributed by atoms with Gasteiger partial charge in [0.1, 0.15) is 0 Å². The maximum Gasteiger partial charge on any atom is -0.0181 e. The summed E-state index contributed by atoms with van der Waals surface area (Å²) in [6.07, 6.45) is 8.04. The third-order valence-electron chi connectivity index (χ3n) is 2.53. The number of allylic oxidation sites excluding steroid dienone is 5. The fourth-order valence-corrected chi connectivity index (χ4v) is 1.63. The molecule has 0 aromatic heterocycles. The molecule has 0 heteroatoms. The Morgan fingerprint density at radius 3 is 2.62 bits per heavy atom. The van der Waals surface area contributed by atoms with Crippen molar-refractivity contribution in [2.75, 3.05) is 0 Å². The molecule has 84 valence electrons. The van der Waals surface area contributed by atoms with E-state index in [0.29, 0.717) is 5.92 Å². The van der Waals surface area contributed by atoms with Crippen molar-refractivity contribution in [2.24, 2.45) is 0 Å². The van der Waals surface area contributed by atoms with Crippen LogP contribution in [0.25, 0.3) is 5.57 Å². The Morgan fingerprint density at radius 1 is 1.31 bits per heavy atom. The molecule has 0 saturated heterocycles. The van der Waals surface area contributed by atoms with Crippen molar-refractivity contribution in [1.29, 1.82) is 0 Å². The smallest absolute Gasteiger partial charge is 0.0181 e. The molecule has 0 bridgehead atoms. The Balaban J connectivity index is 3.15. The first-order valence-corrected chi connectivity index (χ1v) is 5.74. The van der Waals surface area contributed by atoms with E-state index in [4.69, 9.17) is 0 Å². The molecular weight excluding hydrogens is 192 g/mol. The second-order valence-electron chi connectivity index (χ2n) is 4.14. The second kappa shape index (κ2) is 6.12. The average molecular weight is 212 g/mol. The van der Waals surface area contributed by atoms with Crippen molar-refractivity contribution in [3.8, 4) is 0 Å². The quantitative estimate of drug-likeness (QED) is 0.619. The molecule has 0 spiro atoms. The highest BCUT2D eigenvalue weighted by atomic mass is 14.1. The first kappa shape index (κ1) is 12.5. The summed E-state index contributed by atoms with van der Waals surface area (Å²) in [6, 6.07) is 8.68. The Bertz CT molecular complexity index is 406. The number of hydrogen-bond acceptors (Lipinski definition) is 0. The van der Waals surface area contributed by atoms with Gasteiger partial charge in [0, 0.05) is 0 Å². The Morgan fingerprint density at radius 2 is 2.06 bits per heavy atom. The zero-order valence-electron chi connectivity index (χ0n) is 10.4. The molecule has 1 rings (SSSR count). The van der Waals surface area contributed by atoms with Crippen LogP contribution < -0.4 is 0 Å². The van der Waals surface area contributed by atoms with Gasteiger partial charge in [0.2, 0.25) is 0 Å². The first-order valence-electron chi connectivity index (χ1n) is 5.74. The lowest BCUT2D eigenvalue weighted by molar-refractivity contribution is 0.866. The minimum atomic E-state index is 0.565. The molecular formula is C16H20. The van der Waals surface area contributed by atoms with Crippen LogP contribution in [0.3, 0.4) is 0 Å². The molecule has 0 fully saturated rings. The molecule has 16 heavy (non-hydrogen) atoms. The van der Waals surface area contributed by atoms with E-state index < -0.39 is 0 Å². The van der Waals surface area contributed by atoms with Crippen LogP contribution in [-0.4, -0.2) is 0 Å². The predicted molar refractivity (Wildman–Crippen MR) is 73.5 cm³/mol. The molecule has 0 aliphatic rings. The van der Waals surface area contributed by atoms with Gasteiger partial charge < -0.3 is 0 Å². The lowest BCUT2D eigenvalue weighted by Gasteiger charge is -2.08. The van der Waals surface area contributed by atoms with Crippen LogP contribution in [0.5, 0.6) is 0 Å². The summed E-state index contributed by atoms with van der Waals surface area (Å²) >= 11 is 0. The van der Waals surface area contributed by atoms with Gasteiger partial charge >= 0.3 is 0 Å². The van der Waals surface area contributed by atoms with Gasteiger partial charge in [-0.2, -0.15) is 0 Å². The van der Waals surface area contributed by atoms with Crippen LogP contribution in [0.4, 0.5) is 0 Å². The monoisotopic (exact) mass is 212 g/mol. The summed E-state index contributed by atoms with van der Waals surface area (Å²) in [7, 11) is 0. The second-order valence-corrected chi connectivity index (χ2v) is 4.14. The van der Waals surface area contributed by atoms with Gasteiger partial charge in [-0.15, -0.1) is 0 Å². The van der Waals surface area contributed by atoms with E-state index in [2.05, 4.69) is 56.8 Å². The molecule has 0 nitrogen and oxygen atoms in total. The maximum atomic E-state index is 3.76. The SMILES string of the molecule is C=C/C=C(\C=C/C)c1cccc(C(C)C)c1. The van der Waals surface area contributed by atoms with Crippen molar-refractivity contribution in [3.05, 3.63) is 66.3 Å². The van der Waals surface area contributed by atoms with E-state index in [0.717, 1.165) is 0 Å². The summed E-state index contributed by atoms with van der Waals surface area (Å²) in [4.78, 5) is 0. The number of rotatable bonds is 4. The molecule has 1 aromatic carbocycles. The summed E-state index contributed by atoms with van der Waals surface area (Å²) in [5.41, 5.74) is 3.83. The highest BCUT2D eigenvalue weighted by Crippen LogP contribution is 2.21. The van der Waals surface area contributed by atoms with Crippen LogP contribution in [0, 0.1) is 0 Å². The molecule has 0 radical (unpaired) electrons. The van der Waals surface area contributed by atoms with E-state index in [1.54, 1.807) is 0 Å². The van der Waals surface area contributed by atoms with Gasteiger partial charge in [0.05, 0.1) is 0 Å². The molecule has 0 saturated carbocycles. The topological polar surface area (TPSA) is 0 Å². The van der Waals surface area contributed by atoms with Crippen LogP contribution >= 0.6 is 0 Å². The predicted octanol–water partition coefficient (Wildman–Crippen LogP) is 4.96. The minimum absolute atomic E-state index is 0.565. The van der Waals surface area contributed by atoms with Gasteiger partial charge in [-0.05, 0) is 29.5 Å². The zero-order chi connectivity index (χ0) is 12.0. The van der Waals surface area contributed by atoms with Gasteiger partial charge in [-0.1, -0.05) is 69.0 Å². The highest BCUT2D eigenvalue weighted by molar-refractivity contribution is 5.75. The van der Waals surface area contributed by atoms with Crippen LogP contribution in [0.2, 0.25) is 0 Å². The van der Waals surface area contributed by atoms with Gasteiger partial charge in [0.15, 0.2) is 0 Å². The van der Waals surface area contributed by atoms with Crippen LogP contribution in [0.15, 0.2) is 55.1 Å². The Hall–Kier alpha value is -1.56. The maximum absolute atomic E-state index is 3.76. The number of benzene rings is 1. The van der Waals surface area contributed by atoms with Crippen LogP contribution in [0.1, 0.15) is 37.8 Å². The van der Waals surface area contributed by atoms with Crippen molar-refractivity contribution in [1.82, 2.24) is 0 Å². The van der Waals surface area contributed by atoms with Crippen molar-refractivity contribution in [2.45, 2.75) is 26.7 Å². The number of hydrogen-bond donors (Lipinski definition) is 0. The summed E-state index contributed by atoms with van der Waals surface area (Å²) in [5, 5.41) is 0. The van der Waals surface area contributed by atoms with Crippen LogP contribution in [-0.2, 0) is 0 Å².